The van der Waals surface area contributed by atoms with Crippen LogP contribution < -0.4 is 20.1 Å². The smallest absolute Gasteiger partial charge is 0.244 e. The van der Waals surface area contributed by atoms with Crippen molar-refractivity contribution < 1.29 is 19.1 Å². The molecular weight excluding hydrogens is 284 g/mol. The average Bonchev–Trinajstić information content (AvgIpc) is 2.53. The first kappa shape index (κ1) is 17.6. The summed E-state index contributed by atoms with van der Waals surface area (Å²) in [5, 5.41) is 5.30. The number of amides is 2. The highest BCUT2D eigenvalue weighted by Gasteiger charge is 2.08. The second-order valence-electron chi connectivity index (χ2n) is 4.61. The van der Waals surface area contributed by atoms with Gasteiger partial charge in [0.2, 0.25) is 12.3 Å². The molecule has 0 saturated heterocycles. The molecule has 0 unspecified atom stereocenters. The van der Waals surface area contributed by atoms with Gasteiger partial charge in [0.1, 0.15) is 11.5 Å². The van der Waals surface area contributed by atoms with Gasteiger partial charge in [-0.05, 0) is 31.1 Å². The number of hydrogen-bond donors (Lipinski definition) is 2. The van der Waals surface area contributed by atoms with Crippen molar-refractivity contribution >= 4 is 17.9 Å². The summed E-state index contributed by atoms with van der Waals surface area (Å²) in [6.07, 6.45) is 2.85. The number of nitrogens with one attached hydrogen (secondary N) is 2. The van der Waals surface area contributed by atoms with E-state index < -0.39 is 0 Å². The third-order valence-corrected chi connectivity index (χ3v) is 3.06. The van der Waals surface area contributed by atoms with Crippen LogP contribution >= 0.6 is 0 Å². The first-order valence-corrected chi connectivity index (χ1v) is 6.98. The van der Waals surface area contributed by atoms with Gasteiger partial charge in [-0.1, -0.05) is 0 Å². The van der Waals surface area contributed by atoms with E-state index >= 15 is 0 Å². The maximum Gasteiger partial charge on any atom is 0.244 e. The van der Waals surface area contributed by atoms with E-state index in [1.807, 2.05) is 19.1 Å². The molecule has 120 valence electrons. The van der Waals surface area contributed by atoms with E-state index in [0.29, 0.717) is 37.4 Å². The summed E-state index contributed by atoms with van der Waals surface area (Å²) >= 11 is 0. The quantitative estimate of drug-likeness (QED) is 0.410. The molecule has 0 aliphatic carbocycles. The van der Waals surface area contributed by atoms with Crippen molar-refractivity contribution in [2.75, 3.05) is 27.3 Å². The molecule has 0 heterocycles. The van der Waals surface area contributed by atoms with Gasteiger partial charge in [-0.15, -0.1) is 0 Å². The van der Waals surface area contributed by atoms with E-state index in [1.54, 1.807) is 20.3 Å². The van der Waals surface area contributed by atoms with Crippen LogP contribution in [0.25, 0.3) is 5.57 Å². The van der Waals surface area contributed by atoms with Crippen molar-refractivity contribution in [3.05, 3.63) is 29.8 Å². The van der Waals surface area contributed by atoms with Crippen LogP contribution in [0.2, 0.25) is 0 Å². The van der Waals surface area contributed by atoms with E-state index in [-0.39, 0.29) is 5.91 Å². The third kappa shape index (κ3) is 5.47. The Bertz CT molecular complexity index is 541. The lowest BCUT2D eigenvalue weighted by Gasteiger charge is -2.11. The molecule has 1 aromatic carbocycles. The van der Waals surface area contributed by atoms with Crippen LogP contribution in [0, 0.1) is 0 Å². The van der Waals surface area contributed by atoms with E-state index in [1.165, 1.54) is 6.08 Å². The van der Waals surface area contributed by atoms with Crippen LogP contribution in [0.3, 0.4) is 0 Å². The summed E-state index contributed by atoms with van der Waals surface area (Å²) in [5.74, 6) is 1.16. The van der Waals surface area contributed by atoms with Crippen LogP contribution in [-0.4, -0.2) is 39.6 Å². The largest absolute Gasteiger partial charge is 0.497 e. The monoisotopic (exact) mass is 306 g/mol. The SMILES string of the molecule is COc1ccc(/C(C)=C/C(=O)NCCCNC=O)c(OC)c1. The summed E-state index contributed by atoms with van der Waals surface area (Å²) in [6.45, 7) is 2.89. The summed E-state index contributed by atoms with van der Waals surface area (Å²) in [6, 6.07) is 5.44. The van der Waals surface area contributed by atoms with E-state index in [9.17, 15) is 9.59 Å². The number of hydrogen-bond acceptors (Lipinski definition) is 4. The molecule has 0 aliphatic rings. The predicted molar refractivity (Wildman–Crippen MR) is 84.9 cm³/mol. The fourth-order valence-corrected chi connectivity index (χ4v) is 1.91. The molecule has 0 aromatic heterocycles. The molecule has 0 aliphatic heterocycles. The number of ether oxygens (including phenoxy) is 2. The molecule has 2 N–H and O–H groups in total. The van der Waals surface area contributed by atoms with Gasteiger partial charge >= 0.3 is 0 Å². The number of methoxy groups -OCH3 is 2. The van der Waals surface area contributed by atoms with Gasteiger partial charge in [-0.3, -0.25) is 9.59 Å². The summed E-state index contributed by atoms with van der Waals surface area (Å²) in [4.78, 5) is 21.9. The summed E-state index contributed by atoms with van der Waals surface area (Å²) in [7, 11) is 3.16. The van der Waals surface area contributed by atoms with Gasteiger partial charge in [0.25, 0.3) is 0 Å². The zero-order chi connectivity index (χ0) is 16.4. The van der Waals surface area contributed by atoms with E-state index in [4.69, 9.17) is 9.47 Å². The molecule has 22 heavy (non-hydrogen) atoms. The fraction of sp³-hybridized carbons (Fsp3) is 0.375. The number of rotatable bonds is 9. The highest BCUT2D eigenvalue weighted by molar-refractivity contribution is 5.95. The molecule has 0 atom stereocenters. The van der Waals surface area contributed by atoms with E-state index in [0.717, 1.165) is 11.1 Å². The Morgan fingerprint density at radius 1 is 1.23 bits per heavy atom. The molecule has 0 spiro atoms. The summed E-state index contributed by atoms with van der Waals surface area (Å²) in [5.41, 5.74) is 1.63. The van der Waals surface area contributed by atoms with Crippen molar-refractivity contribution in [1.29, 1.82) is 0 Å². The topological polar surface area (TPSA) is 76.7 Å². The molecule has 6 heteroatoms. The van der Waals surface area contributed by atoms with Gasteiger partial charge in [-0.25, -0.2) is 0 Å². The van der Waals surface area contributed by atoms with Crippen LogP contribution in [0.4, 0.5) is 0 Å². The van der Waals surface area contributed by atoms with Crippen LogP contribution in [0.15, 0.2) is 24.3 Å². The van der Waals surface area contributed by atoms with Crippen molar-refractivity contribution in [2.24, 2.45) is 0 Å². The third-order valence-electron chi connectivity index (χ3n) is 3.06. The molecule has 1 rings (SSSR count). The van der Waals surface area contributed by atoms with Crippen molar-refractivity contribution in [3.63, 3.8) is 0 Å². The Kier molecular flexibility index (Phi) is 7.53. The lowest BCUT2D eigenvalue weighted by Crippen LogP contribution is -2.25. The first-order valence-electron chi connectivity index (χ1n) is 6.98. The van der Waals surface area contributed by atoms with Crippen molar-refractivity contribution in [1.82, 2.24) is 10.6 Å². The standard InChI is InChI=1S/C16H22N2O4/c1-12(9-16(20)18-8-4-7-17-11-19)14-6-5-13(21-2)10-15(14)22-3/h5-6,9-11H,4,7-8H2,1-3H3,(H,17,19)(H,18,20)/b12-9+. The van der Waals surface area contributed by atoms with Crippen molar-refractivity contribution in [3.8, 4) is 11.5 Å². The Morgan fingerprint density at radius 2 is 2.00 bits per heavy atom. The minimum absolute atomic E-state index is 0.179. The van der Waals surface area contributed by atoms with Crippen LogP contribution in [0.1, 0.15) is 18.9 Å². The second kappa shape index (κ2) is 9.44. The van der Waals surface area contributed by atoms with Gasteiger partial charge in [-0.2, -0.15) is 0 Å². The molecule has 0 saturated carbocycles. The van der Waals surface area contributed by atoms with Gasteiger partial charge in [0, 0.05) is 30.8 Å². The second-order valence-corrected chi connectivity index (χ2v) is 4.61. The first-order chi connectivity index (χ1) is 10.6. The molecule has 0 radical (unpaired) electrons. The Morgan fingerprint density at radius 3 is 2.64 bits per heavy atom. The average molecular weight is 306 g/mol. The molecule has 1 aromatic rings. The lowest BCUT2D eigenvalue weighted by molar-refractivity contribution is -0.116. The highest BCUT2D eigenvalue weighted by Crippen LogP contribution is 2.29. The number of allylic oxidation sites excluding steroid dienone is 1. The fourth-order valence-electron chi connectivity index (χ4n) is 1.91. The molecule has 0 fully saturated rings. The van der Waals surface area contributed by atoms with Crippen LogP contribution in [0.5, 0.6) is 11.5 Å². The lowest BCUT2D eigenvalue weighted by atomic mass is 10.1. The maximum atomic E-state index is 11.8. The molecule has 0 bridgehead atoms. The predicted octanol–water partition coefficient (Wildman–Crippen LogP) is 1.36. The molecule has 6 nitrogen and oxygen atoms in total. The highest BCUT2D eigenvalue weighted by atomic mass is 16.5. The maximum absolute atomic E-state index is 11.8. The molecular formula is C16H22N2O4. The Hall–Kier alpha value is -2.50. The van der Waals surface area contributed by atoms with Gasteiger partial charge in [0.05, 0.1) is 14.2 Å². The summed E-state index contributed by atoms with van der Waals surface area (Å²) < 4.78 is 10.5. The number of carbonyl (C=O) groups excluding carboxylic acids is 2. The van der Waals surface area contributed by atoms with Crippen molar-refractivity contribution in [2.45, 2.75) is 13.3 Å². The Balaban J connectivity index is 2.67. The molecule has 2 amide bonds. The zero-order valence-electron chi connectivity index (χ0n) is 13.1. The Labute approximate surface area is 130 Å². The minimum Gasteiger partial charge on any atom is -0.497 e. The minimum atomic E-state index is -0.179. The number of carbonyl (C=O) groups is 2. The van der Waals surface area contributed by atoms with E-state index in [2.05, 4.69) is 10.6 Å². The van der Waals surface area contributed by atoms with Crippen LogP contribution in [-0.2, 0) is 9.59 Å². The number of benzene rings is 1. The normalized spacial score (nSPS) is 10.8. The van der Waals surface area contributed by atoms with Gasteiger partial charge < -0.3 is 20.1 Å². The van der Waals surface area contributed by atoms with Gasteiger partial charge in [0.15, 0.2) is 0 Å². The zero-order valence-corrected chi connectivity index (χ0v) is 13.1.